The molecule has 1 fully saturated rings. The zero-order chi connectivity index (χ0) is 24.2. The Balaban J connectivity index is 1.39. The van der Waals surface area contributed by atoms with Gasteiger partial charge < -0.3 is 14.2 Å². The molecule has 0 spiro atoms. The number of nitro groups is 1. The zero-order valence-corrected chi connectivity index (χ0v) is 19.3. The monoisotopic (exact) mass is 492 g/mol. The van der Waals surface area contributed by atoms with Crippen LogP contribution in [0.25, 0.3) is 11.3 Å². The van der Waals surface area contributed by atoms with Gasteiger partial charge in [-0.3, -0.25) is 15.0 Å². The summed E-state index contributed by atoms with van der Waals surface area (Å²) in [6.45, 7) is 3.51. The first-order valence-corrected chi connectivity index (χ1v) is 11.4. The molecule has 1 aliphatic rings. The number of hydrogen-bond acceptors (Lipinski definition) is 9. The van der Waals surface area contributed by atoms with Crippen LogP contribution in [0.5, 0.6) is 11.6 Å². The van der Waals surface area contributed by atoms with E-state index in [1.165, 1.54) is 18.1 Å². The number of nitrogens with zero attached hydrogens (tertiary/aromatic N) is 6. The lowest BCUT2D eigenvalue weighted by Crippen LogP contribution is -2.46. The van der Waals surface area contributed by atoms with Crippen LogP contribution in [0.1, 0.15) is 5.56 Å². The standard InChI is InChI=1S/C24H21ClN6O4/c25-18-6-7-20(19(14-18)21-8-9-28-35-21)34-24-22(31(32)33)23(26-16-27-24)30-12-10-29(11-13-30)15-17-4-2-1-3-5-17/h1-9,14,16H,10-13,15H2. The fourth-order valence-corrected chi connectivity index (χ4v) is 4.19. The molecule has 2 aromatic carbocycles. The van der Waals surface area contributed by atoms with E-state index in [0.29, 0.717) is 35.2 Å². The van der Waals surface area contributed by atoms with E-state index >= 15 is 0 Å². The zero-order valence-electron chi connectivity index (χ0n) is 18.6. The summed E-state index contributed by atoms with van der Waals surface area (Å²) in [7, 11) is 0. The third kappa shape index (κ3) is 5.08. The van der Waals surface area contributed by atoms with Crippen LogP contribution in [0.2, 0.25) is 5.02 Å². The second-order valence-corrected chi connectivity index (χ2v) is 8.41. The van der Waals surface area contributed by atoms with Gasteiger partial charge >= 0.3 is 11.6 Å². The summed E-state index contributed by atoms with van der Waals surface area (Å²) in [5.41, 5.74) is 1.44. The molecule has 2 aromatic heterocycles. The van der Waals surface area contributed by atoms with Crippen molar-refractivity contribution in [3.8, 4) is 23.0 Å². The number of aromatic nitrogens is 3. The van der Waals surface area contributed by atoms with Crippen molar-refractivity contribution in [3.05, 3.63) is 87.8 Å². The second-order valence-electron chi connectivity index (χ2n) is 7.98. The number of ether oxygens (including phenoxy) is 1. The lowest BCUT2D eigenvalue weighted by Gasteiger charge is -2.35. The molecular formula is C24H21ClN6O4. The summed E-state index contributed by atoms with van der Waals surface area (Å²) >= 11 is 6.15. The average Bonchev–Trinajstić information content (AvgIpc) is 3.41. The Morgan fingerprint density at radius 3 is 2.57 bits per heavy atom. The van der Waals surface area contributed by atoms with Crippen molar-refractivity contribution in [1.82, 2.24) is 20.0 Å². The van der Waals surface area contributed by atoms with Crippen LogP contribution < -0.4 is 9.64 Å². The van der Waals surface area contributed by atoms with Crippen molar-refractivity contribution in [1.29, 1.82) is 0 Å². The van der Waals surface area contributed by atoms with Crippen molar-refractivity contribution < 1.29 is 14.2 Å². The highest BCUT2D eigenvalue weighted by atomic mass is 35.5. The molecule has 0 bridgehead atoms. The maximum absolute atomic E-state index is 12.1. The SMILES string of the molecule is O=[N+]([O-])c1c(Oc2ccc(Cl)cc2-c2ccno2)ncnc1N1CCN(Cc2ccccc2)CC1. The van der Waals surface area contributed by atoms with Crippen LogP contribution in [0, 0.1) is 10.1 Å². The molecule has 178 valence electrons. The molecule has 0 saturated carbocycles. The first-order chi connectivity index (χ1) is 17.1. The fraction of sp³-hybridized carbons (Fsp3) is 0.208. The highest BCUT2D eigenvalue weighted by molar-refractivity contribution is 6.30. The Bertz CT molecular complexity index is 1310. The van der Waals surface area contributed by atoms with Gasteiger partial charge in [0.15, 0.2) is 5.76 Å². The normalized spacial score (nSPS) is 14.1. The molecule has 10 nitrogen and oxygen atoms in total. The van der Waals surface area contributed by atoms with Crippen molar-refractivity contribution in [2.75, 3.05) is 31.1 Å². The first-order valence-electron chi connectivity index (χ1n) is 11.0. The summed E-state index contributed by atoms with van der Waals surface area (Å²) in [6, 6.07) is 16.7. The molecule has 0 radical (unpaired) electrons. The molecule has 0 unspecified atom stereocenters. The van der Waals surface area contributed by atoms with Gasteiger partial charge in [-0.15, -0.1) is 0 Å². The second kappa shape index (κ2) is 10.1. The Morgan fingerprint density at radius 1 is 1.06 bits per heavy atom. The summed E-state index contributed by atoms with van der Waals surface area (Å²) in [4.78, 5) is 24.1. The van der Waals surface area contributed by atoms with Crippen molar-refractivity contribution in [2.24, 2.45) is 0 Å². The van der Waals surface area contributed by atoms with Crippen molar-refractivity contribution >= 4 is 23.1 Å². The minimum absolute atomic E-state index is 0.158. The van der Waals surface area contributed by atoms with E-state index in [9.17, 15) is 10.1 Å². The van der Waals surface area contributed by atoms with Gasteiger partial charge in [0, 0.05) is 43.8 Å². The molecule has 0 aliphatic carbocycles. The highest BCUT2D eigenvalue weighted by Crippen LogP contribution is 2.40. The molecular weight excluding hydrogens is 472 g/mol. The Hall–Kier alpha value is -4.02. The van der Waals surface area contributed by atoms with Gasteiger partial charge in [-0.2, -0.15) is 4.98 Å². The molecule has 3 heterocycles. The molecule has 0 atom stereocenters. The van der Waals surface area contributed by atoms with E-state index in [-0.39, 0.29) is 17.4 Å². The van der Waals surface area contributed by atoms with Crippen LogP contribution in [0.3, 0.4) is 0 Å². The number of anilines is 1. The molecule has 35 heavy (non-hydrogen) atoms. The molecule has 5 rings (SSSR count). The predicted octanol–water partition coefficient (Wildman–Crippen LogP) is 4.81. The molecule has 1 aliphatic heterocycles. The van der Waals surface area contributed by atoms with Crippen LogP contribution in [-0.2, 0) is 6.54 Å². The van der Waals surface area contributed by atoms with Gasteiger partial charge in [-0.25, -0.2) is 4.98 Å². The fourth-order valence-electron chi connectivity index (χ4n) is 4.02. The van der Waals surface area contributed by atoms with Gasteiger partial charge in [0.1, 0.15) is 12.1 Å². The first kappa shape index (κ1) is 22.8. The number of benzene rings is 2. The molecule has 0 N–H and O–H groups in total. The molecule has 11 heteroatoms. The van der Waals surface area contributed by atoms with E-state index in [0.717, 1.165) is 19.6 Å². The van der Waals surface area contributed by atoms with E-state index in [4.69, 9.17) is 20.9 Å². The highest BCUT2D eigenvalue weighted by Gasteiger charge is 2.31. The van der Waals surface area contributed by atoms with Crippen molar-refractivity contribution in [2.45, 2.75) is 6.54 Å². The average molecular weight is 493 g/mol. The minimum atomic E-state index is -0.509. The maximum atomic E-state index is 12.1. The molecule has 0 amide bonds. The van der Waals surface area contributed by atoms with Crippen LogP contribution in [0.4, 0.5) is 11.5 Å². The summed E-state index contributed by atoms with van der Waals surface area (Å²) in [6.07, 6.45) is 2.76. The topological polar surface area (TPSA) is 111 Å². The molecule has 1 saturated heterocycles. The Labute approximate surface area is 205 Å². The van der Waals surface area contributed by atoms with E-state index in [1.807, 2.05) is 23.1 Å². The third-order valence-electron chi connectivity index (χ3n) is 5.72. The van der Waals surface area contributed by atoms with Crippen molar-refractivity contribution in [3.63, 3.8) is 0 Å². The number of rotatable bonds is 7. The van der Waals surface area contributed by atoms with Gasteiger partial charge in [0.25, 0.3) is 0 Å². The van der Waals surface area contributed by atoms with Crippen LogP contribution >= 0.6 is 11.6 Å². The largest absolute Gasteiger partial charge is 0.433 e. The molecule has 4 aromatic rings. The summed E-state index contributed by atoms with van der Waals surface area (Å²) in [5, 5.41) is 16.3. The number of halogens is 1. The summed E-state index contributed by atoms with van der Waals surface area (Å²) in [5.74, 6) is 0.782. The van der Waals surface area contributed by atoms with Gasteiger partial charge in [0.2, 0.25) is 5.82 Å². The lowest BCUT2D eigenvalue weighted by atomic mass is 10.1. The van der Waals surface area contributed by atoms with Crippen LogP contribution in [-0.4, -0.2) is 51.1 Å². The minimum Gasteiger partial charge on any atom is -0.433 e. The van der Waals surface area contributed by atoms with Gasteiger partial charge in [0.05, 0.1) is 16.7 Å². The van der Waals surface area contributed by atoms with E-state index in [1.54, 1.807) is 24.3 Å². The van der Waals surface area contributed by atoms with E-state index in [2.05, 4.69) is 32.2 Å². The maximum Gasteiger partial charge on any atom is 0.373 e. The Morgan fingerprint density at radius 2 is 1.86 bits per heavy atom. The number of piperazine rings is 1. The Kier molecular flexibility index (Phi) is 6.55. The van der Waals surface area contributed by atoms with Crippen LogP contribution in [0.15, 0.2) is 71.6 Å². The quantitative estimate of drug-likeness (QED) is 0.265. The van der Waals surface area contributed by atoms with Gasteiger partial charge in [-0.1, -0.05) is 47.1 Å². The lowest BCUT2D eigenvalue weighted by molar-refractivity contribution is -0.385. The smallest absolute Gasteiger partial charge is 0.373 e. The van der Waals surface area contributed by atoms with E-state index < -0.39 is 4.92 Å². The third-order valence-corrected chi connectivity index (χ3v) is 5.96. The summed E-state index contributed by atoms with van der Waals surface area (Å²) < 4.78 is 11.2. The predicted molar refractivity (Wildman–Crippen MR) is 130 cm³/mol. The number of hydrogen-bond donors (Lipinski definition) is 0. The van der Waals surface area contributed by atoms with Gasteiger partial charge in [-0.05, 0) is 23.8 Å².